The fraction of sp³-hybridized carbons (Fsp3) is 0.636. The van der Waals surface area contributed by atoms with Crippen LogP contribution in [0, 0.1) is 0 Å². The third kappa shape index (κ3) is 4.51. The number of aliphatic hydroxyl groups is 1. The molecule has 4 heteroatoms. The van der Waals surface area contributed by atoms with Gasteiger partial charge in [0.05, 0.1) is 4.34 Å². The van der Waals surface area contributed by atoms with Gasteiger partial charge in [0.2, 0.25) is 0 Å². The zero-order valence-corrected chi connectivity index (χ0v) is 10.8. The lowest BCUT2D eigenvalue weighted by Gasteiger charge is -2.25. The molecule has 1 aromatic heterocycles. The van der Waals surface area contributed by atoms with Crippen molar-refractivity contribution in [3.8, 4) is 0 Å². The van der Waals surface area contributed by atoms with Crippen LogP contribution >= 0.6 is 22.9 Å². The van der Waals surface area contributed by atoms with E-state index in [2.05, 4.69) is 24.8 Å². The van der Waals surface area contributed by atoms with Crippen molar-refractivity contribution in [3.05, 3.63) is 21.3 Å². The first-order valence-corrected chi connectivity index (χ1v) is 6.42. The van der Waals surface area contributed by atoms with Crippen LogP contribution < -0.4 is 0 Å². The van der Waals surface area contributed by atoms with Crippen LogP contribution in [0.2, 0.25) is 4.34 Å². The standard InChI is InChI=1S/C11H18ClNOS/c1-9(2)13(6-3-7-14)8-10-4-5-11(12)15-10/h4-5,9,14H,3,6-8H2,1-2H3. The average Bonchev–Trinajstić information content (AvgIpc) is 2.58. The Labute approximate surface area is 100 Å². The number of halogens is 1. The number of hydrogen-bond acceptors (Lipinski definition) is 3. The summed E-state index contributed by atoms with van der Waals surface area (Å²) in [6.07, 6.45) is 0.831. The molecule has 1 N–H and O–H groups in total. The molecule has 0 saturated heterocycles. The van der Waals surface area contributed by atoms with Gasteiger partial charge >= 0.3 is 0 Å². The molecule has 0 bridgehead atoms. The Kier molecular flexibility index (Phi) is 5.61. The molecule has 0 aliphatic rings. The van der Waals surface area contributed by atoms with Crippen LogP contribution in [0.3, 0.4) is 0 Å². The predicted molar refractivity (Wildman–Crippen MR) is 66.6 cm³/mol. The van der Waals surface area contributed by atoms with Crippen LogP contribution in [0.4, 0.5) is 0 Å². The summed E-state index contributed by atoms with van der Waals surface area (Å²) >= 11 is 7.52. The minimum Gasteiger partial charge on any atom is -0.396 e. The molecule has 86 valence electrons. The highest BCUT2D eigenvalue weighted by molar-refractivity contribution is 7.16. The van der Waals surface area contributed by atoms with Crippen LogP contribution in [0.5, 0.6) is 0 Å². The zero-order valence-electron chi connectivity index (χ0n) is 9.24. The van der Waals surface area contributed by atoms with Crippen molar-refractivity contribution in [3.63, 3.8) is 0 Å². The number of hydrogen-bond donors (Lipinski definition) is 1. The van der Waals surface area contributed by atoms with E-state index in [9.17, 15) is 0 Å². The highest BCUT2D eigenvalue weighted by Gasteiger charge is 2.10. The molecule has 0 aliphatic heterocycles. The smallest absolute Gasteiger partial charge is 0.0931 e. The van der Waals surface area contributed by atoms with Gasteiger partial charge in [-0.05, 0) is 32.4 Å². The molecule has 0 aliphatic carbocycles. The third-order valence-electron chi connectivity index (χ3n) is 2.32. The summed E-state index contributed by atoms with van der Waals surface area (Å²) < 4.78 is 0.843. The fourth-order valence-electron chi connectivity index (χ4n) is 1.43. The van der Waals surface area contributed by atoms with E-state index in [4.69, 9.17) is 16.7 Å². The van der Waals surface area contributed by atoms with Gasteiger partial charge in [0.1, 0.15) is 0 Å². The first kappa shape index (κ1) is 13.0. The Morgan fingerprint density at radius 3 is 2.67 bits per heavy atom. The van der Waals surface area contributed by atoms with Crippen LogP contribution in [0.25, 0.3) is 0 Å². The lowest BCUT2D eigenvalue weighted by molar-refractivity contribution is 0.186. The van der Waals surface area contributed by atoms with Gasteiger partial charge in [-0.3, -0.25) is 4.90 Å². The van der Waals surface area contributed by atoms with E-state index >= 15 is 0 Å². The summed E-state index contributed by atoms with van der Waals surface area (Å²) in [5, 5.41) is 8.82. The second kappa shape index (κ2) is 6.48. The summed E-state index contributed by atoms with van der Waals surface area (Å²) in [5.41, 5.74) is 0. The normalized spacial score (nSPS) is 11.6. The fourth-order valence-corrected chi connectivity index (χ4v) is 2.54. The summed E-state index contributed by atoms with van der Waals surface area (Å²) in [6, 6.07) is 4.50. The highest BCUT2D eigenvalue weighted by Crippen LogP contribution is 2.23. The molecule has 1 rings (SSSR count). The number of rotatable bonds is 6. The molecule has 1 heterocycles. The maximum atomic E-state index is 8.82. The number of aliphatic hydroxyl groups excluding tert-OH is 1. The molecule has 0 fully saturated rings. The number of nitrogens with zero attached hydrogens (tertiary/aromatic N) is 1. The molecule has 2 nitrogen and oxygen atoms in total. The van der Waals surface area contributed by atoms with E-state index in [1.54, 1.807) is 11.3 Å². The summed E-state index contributed by atoms with van der Waals surface area (Å²) in [5.74, 6) is 0. The lowest BCUT2D eigenvalue weighted by Crippen LogP contribution is -2.31. The minimum absolute atomic E-state index is 0.258. The van der Waals surface area contributed by atoms with Gasteiger partial charge in [-0.15, -0.1) is 11.3 Å². The first-order valence-electron chi connectivity index (χ1n) is 5.22. The number of thiophene rings is 1. The van der Waals surface area contributed by atoms with Gasteiger partial charge < -0.3 is 5.11 Å². The van der Waals surface area contributed by atoms with E-state index in [1.165, 1.54) is 4.88 Å². The van der Waals surface area contributed by atoms with E-state index in [1.807, 2.05) is 6.07 Å². The molecule has 0 atom stereocenters. The Morgan fingerprint density at radius 2 is 2.20 bits per heavy atom. The quantitative estimate of drug-likeness (QED) is 0.836. The zero-order chi connectivity index (χ0) is 11.3. The van der Waals surface area contributed by atoms with E-state index in [-0.39, 0.29) is 6.61 Å². The second-order valence-electron chi connectivity index (χ2n) is 3.85. The van der Waals surface area contributed by atoms with Crippen LogP contribution in [0.15, 0.2) is 12.1 Å². The summed E-state index contributed by atoms with van der Waals surface area (Å²) in [4.78, 5) is 3.63. The first-order chi connectivity index (χ1) is 7.13. The van der Waals surface area contributed by atoms with E-state index < -0.39 is 0 Å². The van der Waals surface area contributed by atoms with Gasteiger partial charge in [-0.1, -0.05) is 11.6 Å². The van der Waals surface area contributed by atoms with Crippen molar-refractivity contribution in [2.75, 3.05) is 13.2 Å². The molecular formula is C11H18ClNOS. The molecule has 0 aromatic carbocycles. The summed E-state index contributed by atoms with van der Waals surface area (Å²) in [7, 11) is 0. The Morgan fingerprint density at radius 1 is 1.47 bits per heavy atom. The third-order valence-corrected chi connectivity index (χ3v) is 3.54. The SMILES string of the molecule is CC(C)N(CCCO)Cc1ccc(Cl)s1. The molecule has 0 unspecified atom stereocenters. The van der Waals surface area contributed by atoms with E-state index in [0.717, 1.165) is 23.8 Å². The van der Waals surface area contributed by atoms with Crippen molar-refractivity contribution in [1.29, 1.82) is 0 Å². The second-order valence-corrected chi connectivity index (χ2v) is 5.65. The molecule has 0 saturated carbocycles. The Hall–Kier alpha value is -0.0900. The molecule has 15 heavy (non-hydrogen) atoms. The van der Waals surface area contributed by atoms with Gasteiger partial charge in [0.25, 0.3) is 0 Å². The average molecular weight is 248 g/mol. The lowest BCUT2D eigenvalue weighted by atomic mass is 10.2. The van der Waals surface area contributed by atoms with E-state index in [0.29, 0.717) is 6.04 Å². The van der Waals surface area contributed by atoms with Crippen molar-refractivity contribution >= 4 is 22.9 Å². The Balaban J connectivity index is 2.50. The maximum absolute atomic E-state index is 8.82. The van der Waals surface area contributed by atoms with Gasteiger partial charge in [-0.25, -0.2) is 0 Å². The van der Waals surface area contributed by atoms with Crippen molar-refractivity contribution < 1.29 is 5.11 Å². The molecule has 0 radical (unpaired) electrons. The highest BCUT2D eigenvalue weighted by atomic mass is 35.5. The predicted octanol–water partition coefficient (Wildman–Crippen LogP) is 2.99. The minimum atomic E-state index is 0.258. The van der Waals surface area contributed by atoms with Gasteiger partial charge in [0, 0.05) is 30.6 Å². The largest absolute Gasteiger partial charge is 0.396 e. The van der Waals surface area contributed by atoms with Gasteiger partial charge in [-0.2, -0.15) is 0 Å². The maximum Gasteiger partial charge on any atom is 0.0931 e. The summed E-state index contributed by atoms with van der Waals surface area (Å²) in [6.45, 7) is 6.46. The molecule has 0 spiro atoms. The molecular weight excluding hydrogens is 230 g/mol. The topological polar surface area (TPSA) is 23.5 Å². The molecule has 1 aromatic rings. The van der Waals surface area contributed by atoms with Crippen LogP contribution in [0.1, 0.15) is 25.1 Å². The van der Waals surface area contributed by atoms with Crippen molar-refractivity contribution in [1.82, 2.24) is 4.90 Å². The van der Waals surface area contributed by atoms with Crippen LogP contribution in [-0.4, -0.2) is 29.2 Å². The van der Waals surface area contributed by atoms with Gasteiger partial charge in [0.15, 0.2) is 0 Å². The molecule has 0 amide bonds. The van der Waals surface area contributed by atoms with Crippen molar-refractivity contribution in [2.24, 2.45) is 0 Å². The van der Waals surface area contributed by atoms with Crippen LogP contribution in [-0.2, 0) is 6.54 Å². The Bertz CT molecular complexity index is 288. The van der Waals surface area contributed by atoms with Crippen molar-refractivity contribution in [2.45, 2.75) is 32.9 Å². The monoisotopic (exact) mass is 247 g/mol.